The van der Waals surface area contributed by atoms with E-state index < -0.39 is 0 Å². The quantitative estimate of drug-likeness (QED) is 0.844. The van der Waals surface area contributed by atoms with Crippen LogP contribution in [0.5, 0.6) is 0 Å². The summed E-state index contributed by atoms with van der Waals surface area (Å²) in [6, 6.07) is 5.02. The Balaban J connectivity index is 1.62. The minimum Gasteiger partial charge on any atom is -0.397 e. The Kier molecular flexibility index (Phi) is 4.09. The fraction of sp³-hybridized carbons (Fsp3) is 0.562. The third-order valence-corrected chi connectivity index (χ3v) is 5.19. The van der Waals surface area contributed by atoms with Crippen molar-refractivity contribution >= 4 is 28.9 Å². The number of amides is 1. The summed E-state index contributed by atoms with van der Waals surface area (Å²) in [6.07, 6.45) is 3.99. The molecule has 1 aliphatic heterocycles. The molecular weight excluding hydrogens is 286 g/mol. The second-order valence-electron chi connectivity index (χ2n) is 6.30. The number of hydrogen-bond donors (Lipinski definition) is 2. The van der Waals surface area contributed by atoms with Crippen molar-refractivity contribution in [3.05, 3.63) is 23.2 Å². The third-order valence-electron chi connectivity index (χ3n) is 4.95. The lowest BCUT2D eigenvalue weighted by Crippen LogP contribution is -2.41. The Morgan fingerprint density at radius 1 is 1.38 bits per heavy atom. The van der Waals surface area contributed by atoms with Gasteiger partial charge in [-0.25, -0.2) is 0 Å². The largest absolute Gasteiger partial charge is 0.397 e. The Labute approximate surface area is 130 Å². The van der Waals surface area contributed by atoms with Gasteiger partial charge in [0.25, 0.3) is 0 Å². The number of rotatable bonds is 3. The molecule has 5 heteroatoms. The fourth-order valence-electron chi connectivity index (χ4n) is 3.64. The van der Waals surface area contributed by atoms with Crippen LogP contribution >= 0.6 is 11.6 Å². The monoisotopic (exact) mass is 307 g/mol. The Hall–Kier alpha value is -1.26. The van der Waals surface area contributed by atoms with Crippen molar-refractivity contribution in [2.24, 2.45) is 11.8 Å². The molecule has 3 unspecified atom stereocenters. The summed E-state index contributed by atoms with van der Waals surface area (Å²) in [5.41, 5.74) is 7.02. The van der Waals surface area contributed by atoms with E-state index in [0.29, 0.717) is 16.4 Å². The van der Waals surface area contributed by atoms with E-state index in [-0.39, 0.29) is 11.9 Å². The molecule has 0 bridgehead atoms. The zero-order chi connectivity index (χ0) is 15.0. The summed E-state index contributed by atoms with van der Waals surface area (Å²) in [5.74, 6) is 1.59. The molecule has 2 fully saturated rings. The van der Waals surface area contributed by atoms with Crippen LogP contribution in [0.25, 0.3) is 0 Å². The van der Waals surface area contributed by atoms with Crippen LogP contribution in [0, 0.1) is 11.8 Å². The van der Waals surface area contributed by atoms with Crippen LogP contribution in [-0.2, 0) is 4.79 Å². The lowest BCUT2D eigenvalue weighted by Gasteiger charge is -2.24. The smallest absolute Gasteiger partial charge is 0.241 e. The third kappa shape index (κ3) is 3.01. The molecule has 1 heterocycles. The standard InChI is InChI=1S/C16H22ClN3O/c1-10(20-8-11-3-2-4-12(11)9-20)16(21)19-15-6-5-13(17)7-14(15)18/h5-7,10-12H,2-4,8-9,18H2,1H3,(H,19,21). The van der Waals surface area contributed by atoms with Gasteiger partial charge in [-0.2, -0.15) is 0 Å². The van der Waals surface area contributed by atoms with Gasteiger partial charge in [0, 0.05) is 18.1 Å². The van der Waals surface area contributed by atoms with Crippen LogP contribution in [0.1, 0.15) is 26.2 Å². The molecule has 1 aromatic carbocycles. The summed E-state index contributed by atoms with van der Waals surface area (Å²) >= 11 is 5.87. The molecule has 3 N–H and O–H groups in total. The highest BCUT2D eigenvalue weighted by Gasteiger charge is 2.39. The number of carbonyl (C=O) groups excluding carboxylic acids is 1. The second-order valence-corrected chi connectivity index (χ2v) is 6.74. The van der Waals surface area contributed by atoms with Crippen LogP contribution in [0.2, 0.25) is 5.02 Å². The first-order chi connectivity index (χ1) is 10.0. The first kappa shape index (κ1) is 14.7. The zero-order valence-electron chi connectivity index (χ0n) is 12.3. The first-order valence-corrected chi connectivity index (χ1v) is 8.02. The lowest BCUT2D eigenvalue weighted by molar-refractivity contribution is -0.120. The van der Waals surface area contributed by atoms with E-state index in [1.807, 2.05) is 6.92 Å². The molecule has 1 aromatic rings. The van der Waals surface area contributed by atoms with Crippen LogP contribution < -0.4 is 11.1 Å². The summed E-state index contributed by atoms with van der Waals surface area (Å²) in [6.45, 7) is 4.08. The molecule has 0 aromatic heterocycles. The maximum absolute atomic E-state index is 12.4. The van der Waals surface area contributed by atoms with Gasteiger partial charge in [0.2, 0.25) is 5.91 Å². The first-order valence-electron chi connectivity index (χ1n) is 7.64. The van der Waals surface area contributed by atoms with Gasteiger partial charge >= 0.3 is 0 Å². The van der Waals surface area contributed by atoms with Gasteiger partial charge in [0.05, 0.1) is 17.4 Å². The van der Waals surface area contributed by atoms with Gasteiger partial charge in [-0.3, -0.25) is 9.69 Å². The topological polar surface area (TPSA) is 58.4 Å². The summed E-state index contributed by atoms with van der Waals surface area (Å²) in [7, 11) is 0. The molecular formula is C16H22ClN3O. The number of benzene rings is 1. The van der Waals surface area contributed by atoms with E-state index >= 15 is 0 Å². The van der Waals surface area contributed by atoms with E-state index in [2.05, 4.69) is 10.2 Å². The Bertz CT molecular complexity index is 536. The number of anilines is 2. The van der Waals surface area contributed by atoms with Crippen molar-refractivity contribution in [3.8, 4) is 0 Å². The van der Waals surface area contributed by atoms with Crippen molar-refractivity contribution in [3.63, 3.8) is 0 Å². The van der Waals surface area contributed by atoms with E-state index in [1.165, 1.54) is 19.3 Å². The van der Waals surface area contributed by atoms with Crippen LogP contribution in [0.3, 0.4) is 0 Å². The molecule has 21 heavy (non-hydrogen) atoms. The maximum atomic E-state index is 12.4. The number of nitrogens with two attached hydrogens (primary N) is 1. The van der Waals surface area contributed by atoms with Crippen molar-refractivity contribution in [1.82, 2.24) is 4.90 Å². The van der Waals surface area contributed by atoms with Gasteiger partial charge < -0.3 is 11.1 Å². The van der Waals surface area contributed by atoms with Crippen LogP contribution in [-0.4, -0.2) is 29.9 Å². The van der Waals surface area contributed by atoms with Gasteiger partial charge in [-0.05, 0) is 49.8 Å². The van der Waals surface area contributed by atoms with E-state index in [9.17, 15) is 4.79 Å². The summed E-state index contributed by atoms with van der Waals surface area (Å²) in [5, 5.41) is 3.49. The van der Waals surface area contributed by atoms with Crippen LogP contribution in [0.4, 0.5) is 11.4 Å². The number of carbonyl (C=O) groups is 1. The molecule has 0 spiro atoms. The predicted octanol–water partition coefficient (Wildman–Crippen LogP) is 2.98. The maximum Gasteiger partial charge on any atom is 0.241 e. The highest BCUT2D eigenvalue weighted by molar-refractivity contribution is 6.31. The van der Waals surface area contributed by atoms with Crippen molar-refractivity contribution in [2.45, 2.75) is 32.2 Å². The van der Waals surface area contributed by atoms with Crippen molar-refractivity contribution in [2.75, 3.05) is 24.1 Å². The molecule has 0 radical (unpaired) electrons. The zero-order valence-corrected chi connectivity index (χ0v) is 13.1. The average molecular weight is 308 g/mol. The summed E-state index contributed by atoms with van der Waals surface area (Å²) in [4.78, 5) is 14.7. The molecule has 4 nitrogen and oxygen atoms in total. The Morgan fingerprint density at radius 2 is 2.05 bits per heavy atom. The van der Waals surface area contributed by atoms with E-state index in [1.54, 1.807) is 18.2 Å². The van der Waals surface area contributed by atoms with Gasteiger partial charge in [-0.15, -0.1) is 0 Å². The predicted molar refractivity (Wildman–Crippen MR) is 86.4 cm³/mol. The molecule has 2 aliphatic rings. The molecule has 1 aliphatic carbocycles. The normalized spacial score (nSPS) is 26.6. The van der Waals surface area contributed by atoms with E-state index in [0.717, 1.165) is 24.9 Å². The number of fused-ring (bicyclic) bond motifs is 1. The van der Waals surface area contributed by atoms with Crippen LogP contribution in [0.15, 0.2) is 18.2 Å². The SMILES string of the molecule is CC(C(=O)Nc1ccc(Cl)cc1N)N1CC2CCCC2C1. The number of hydrogen-bond acceptors (Lipinski definition) is 3. The number of likely N-dealkylation sites (tertiary alicyclic amines) is 1. The number of nitrogens with one attached hydrogen (secondary N) is 1. The van der Waals surface area contributed by atoms with Gasteiger partial charge in [0.15, 0.2) is 0 Å². The van der Waals surface area contributed by atoms with Gasteiger partial charge in [-0.1, -0.05) is 18.0 Å². The lowest BCUT2D eigenvalue weighted by atomic mass is 10.0. The molecule has 3 rings (SSSR count). The molecule has 114 valence electrons. The Morgan fingerprint density at radius 3 is 2.67 bits per heavy atom. The second kappa shape index (κ2) is 5.85. The van der Waals surface area contributed by atoms with Crippen molar-refractivity contribution in [1.29, 1.82) is 0 Å². The molecule has 1 amide bonds. The van der Waals surface area contributed by atoms with E-state index in [4.69, 9.17) is 17.3 Å². The highest BCUT2D eigenvalue weighted by Crippen LogP contribution is 2.38. The minimum atomic E-state index is -0.120. The number of halogens is 1. The highest BCUT2D eigenvalue weighted by atomic mass is 35.5. The number of nitrogens with zero attached hydrogens (tertiary/aromatic N) is 1. The molecule has 1 saturated carbocycles. The fourth-order valence-corrected chi connectivity index (χ4v) is 3.82. The average Bonchev–Trinajstić information content (AvgIpc) is 3.01. The molecule has 3 atom stereocenters. The van der Waals surface area contributed by atoms with Gasteiger partial charge in [0.1, 0.15) is 0 Å². The summed E-state index contributed by atoms with van der Waals surface area (Å²) < 4.78 is 0. The number of nitrogen functional groups attached to an aromatic ring is 1. The minimum absolute atomic E-state index is 0.00370. The van der Waals surface area contributed by atoms with Crippen molar-refractivity contribution < 1.29 is 4.79 Å². The molecule has 1 saturated heterocycles.